The van der Waals surface area contributed by atoms with Crippen molar-refractivity contribution < 1.29 is 249 Å². The van der Waals surface area contributed by atoms with Crippen molar-refractivity contribution in [3.05, 3.63) is 108 Å². The Bertz CT molecular complexity index is 2670. The molecule has 0 bridgehead atoms. The second-order valence-electron chi connectivity index (χ2n) is 18.0. The normalized spacial score (nSPS) is 12.6. The number of benzene rings is 4. The average Bonchev–Trinajstić information content (AvgIpc) is 3.30. The molecular formula is C51H63BrN8O11Y6-2. The number of hydrogen-bond donors (Lipinski definition) is 9. The molecule has 0 aliphatic heterocycles. The fourth-order valence-electron chi connectivity index (χ4n) is 6.47. The molecule has 0 aromatic heterocycles. The summed E-state index contributed by atoms with van der Waals surface area (Å²) in [5, 5.41) is 32.9. The predicted molar refractivity (Wildman–Crippen MR) is 271 cm³/mol. The number of ketones is 1. The number of nitrogens with one attached hydrogen (secondary N) is 8. The number of aliphatic carboxylic acids is 1. The third kappa shape index (κ3) is 27.6. The van der Waals surface area contributed by atoms with Crippen LogP contribution in [0.3, 0.4) is 0 Å². The zero-order valence-corrected chi connectivity index (χ0v) is 63.2. The Morgan fingerprint density at radius 2 is 0.961 bits per heavy atom. The van der Waals surface area contributed by atoms with Gasteiger partial charge in [0.1, 0.15) is 35.5 Å². The summed E-state index contributed by atoms with van der Waals surface area (Å²) in [6.45, 7) is 20.7. The van der Waals surface area contributed by atoms with Gasteiger partial charge in [0, 0.05) is 218 Å². The Balaban J connectivity index is -0.000000660. The molecule has 0 spiro atoms. The number of amides is 8. The van der Waals surface area contributed by atoms with Gasteiger partial charge in [-0.15, -0.1) is 0 Å². The van der Waals surface area contributed by atoms with Crippen LogP contribution in [0, 0.1) is 25.7 Å². The molecule has 400 valence electrons. The molecule has 0 saturated heterocycles. The largest absolute Gasteiger partial charge is 0.482 e. The number of carbonyl (C=O) groups is 10. The molecule has 0 heterocycles. The zero-order valence-electron chi connectivity index (χ0n) is 44.6. The summed E-state index contributed by atoms with van der Waals surface area (Å²) in [6.07, 6.45) is 0. The van der Waals surface area contributed by atoms with E-state index in [0.717, 1.165) is 26.0 Å². The number of Topliss-reactive ketones (excluding diaryl/α,β-unsaturated/α-hetero) is 1. The minimum atomic E-state index is -1.36. The van der Waals surface area contributed by atoms with Gasteiger partial charge < -0.3 is 66.3 Å². The first-order valence-electron chi connectivity index (χ1n) is 22.6. The van der Waals surface area contributed by atoms with Gasteiger partial charge in [-0.3, -0.25) is 43.2 Å². The van der Waals surface area contributed by atoms with Crippen molar-refractivity contribution in [2.75, 3.05) is 6.54 Å². The van der Waals surface area contributed by atoms with Crippen LogP contribution < -0.4 is 42.5 Å². The quantitative estimate of drug-likeness (QED) is 0.0457. The van der Waals surface area contributed by atoms with Crippen LogP contribution in [0.4, 0.5) is 0 Å². The summed E-state index contributed by atoms with van der Waals surface area (Å²) in [5.74, 6) is -6.80. The van der Waals surface area contributed by atoms with Gasteiger partial charge in [-0.25, -0.2) is 0 Å². The van der Waals surface area contributed by atoms with Crippen molar-refractivity contribution in [1.82, 2.24) is 42.5 Å². The van der Waals surface area contributed by atoms with E-state index in [0.29, 0.717) is 11.1 Å². The first-order valence-corrected chi connectivity index (χ1v) is 23.4. The van der Waals surface area contributed by atoms with E-state index in [1.165, 1.54) is 20.8 Å². The van der Waals surface area contributed by atoms with Gasteiger partial charge in [-0.1, -0.05) is 74.0 Å². The molecule has 4 aromatic rings. The monoisotopic (exact) mass is 1580 g/mol. The Hall–Kier alpha value is -0.597. The van der Waals surface area contributed by atoms with Gasteiger partial charge in [0.05, 0.1) is 6.54 Å². The summed E-state index contributed by atoms with van der Waals surface area (Å²) in [6, 6.07) is 17.7. The fraction of sp³-hybridized carbons (Fsp3) is 0.373. The molecule has 9 N–H and O–H groups in total. The van der Waals surface area contributed by atoms with Gasteiger partial charge in [0.2, 0.25) is 35.4 Å². The van der Waals surface area contributed by atoms with E-state index in [9.17, 15) is 47.9 Å². The van der Waals surface area contributed by atoms with Crippen LogP contribution in [0.15, 0.2) is 83.3 Å². The van der Waals surface area contributed by atoms with E-state index in [4.69, 9.17) is 5.11 Å². The molecule has 0 aliphatic rings. The molecule has 26 heteroatoms. The third-order valence-corrected chi connectivity index (χ3v) is 11.4. The molecule has 77 heavy (non-hydrogen) atoms. The Morgan fingerprint density at radius 3 is 1.42 bits per heavy atom. The molecule has 4 rings (SSSR count). The van der Waals surface area contributed by atoms with E-state index < -0.39 is 95.0 Å². The van der Waals surface area contributed by atoms with Crippen LogP contribution in [0.2, 0.25) is 0 Å². The summed E-state index contributed by atoms with van der Waals surface area (Å²) >= 11 is 3.26. The maximum absolute atomic E-state index is 13.1. The third-order valence-electron chi connectivity index (χ3n) is 10.9. The summed E-state index contributed by atoms with van der Waals surface area (Å²) in [4.78, 5) is 123. The molecule has 8 amide bonds. The Kier molecular flexibility index (Phi) is 42.8. The predicted octanol–water partition coefficient (Wildman–Crippen LogP) is 3.27. The minimum Gasteiger partial charge on any atom is -0.482 e. The number of carboxylic acids is 1. The average molecular weight is 1580 g/mol. The standard InChI is InChI=1S/C31H37N4O5.C20H26BrN4O6.6Y/c1-17(2)26(29(39)32-18(3)20(5)36)34-27(37)19(4)33-30(40)31(6,7)35-28(38)24-13-12-23-14-21-10-8-9-11-22(21)15-25(23)16-24;1-10(2)16(19(29)24-12(4)20(30)31)25-17(27)11(3)23-15(26)9-22-18(28)13-5-7-14(21)8-6-13;;;;;;/h8-19,26H,3H2,1-2,4-7H3,(H,32,39)(H,33,40)(H,34,37)(H,35,38);5-8,10-12,16H,4,9H2,1-3H3,(H,22,28)(H,23,26)(H,24,29)(H,25,27)(H,30,31);;;;;;/q2*-1;;;;;;. The van der Waals surface area contributed by atoms with Crippen LogP contribution in [-0.4, -0.2) is 112 Å². The molecular weight excluding hydrogens is 1510 g/mol. The number of carbonyl (C=O) groups excluding carboxylic acids is 9. The smallest absolute Gasteiger partial charge is 0.294 e. The zero-order chi connectivity index (χ0) is 53.5. The summed E-state index contributed by atoms with van der Waals surface area (Å²) in [7, 11) is 0. The maximum Gasteiger partial charge on any atom is 0.294 e. The molecule has 19 nitrogen and oxygen atoms in total. The van der Waals surface area contributed by atoms with Crippen LogP contribution in [0.5, 0.6) is 0 Å². The molecule has 0 aliphatic carbocycles. The Morgan fingerprint density at radius 1 is 0.532 bits per heavy atom. The van der Waals surface area contributed by atoms with Crippen molar-refractivity contribution in [1.29, 1.82) is 0 Å². The van der Waals surface area contributed by atoms with E-state index in [1.54, 1.807) is 77.9 Å². The van der Waals surface area contributed by atoms with Crippen molar-refractivity contribution in [2.45, 2.75) is 104 Å². The van der Waals surface area contributed by atoms with Gasteiger partial charge in [0.25, 0.3) is 17.8 Å². The summed E-state index contributed by atoms with van der Waals surface area (Å²) in [5.41, 5.74) is -0.575. The van der Waals surface area contributed by atoms with E-state index >= 15 is 0 Å². The van der Waals surface area contributed by atoms with Crippen LogP contribution in [-0.2, 0) is 235 Å². The first-order chi connectivity index (χ1) is 33.1. The van der Waals surface area contributed by atoms with Gasteiger partial charge in [0.15, 0.2) is 0 Å². The van der Waals surface area contributed by atoms with Crippen molar-refractivity contribution in [2.24, 2.45) is 11.8 Å². The van der Waals surface area contributed by atoms with E-state index in [2.05, 4.69) is 78.4 Å². The second-order valence-corrected chi connectivity index (χ2v) is 19.0. The minimum absolute atomic E-state index is 0. The molecule has 4 aromatic carbocycles. The Labute approximate surface area is 609 Å². The van der Waals surface area contributed by atoms with Crippen LogP contribution in [0.25, 0.3) is 21.5 Å². The van der Waals surface area contributed by atoms with Crippen LogP contribution in [0.1, 0.15) is 83.0 Å². The van der Waals surface area contributed by atoms with Gasteiger partial charge >= 0.3 is 0 Å². The molecule has 0 fully saturated rings. The topological polar surface area (TPSA) is 287 Å². The van der Waals surface area contributed by atoms with Crippen molar-refractivity contribution >= 4 is 96.5 Å². The number of fused-ring (bicyclic) bond motifs is 2. The summed E-state index contributed by atoms with van der Waals surface area (Å²) < 4.78 is 0.809. The molecule has 6 radical (unpaired) electrons. The van der Waals surface area contributed by atoms with Gasteiger partial charge in [-0.05, 0) is 123 Å². The molecule has 6 unspecified atom stereocenters. The first kappa shape index (κ1) is 82.9. The number of carboxylic acid groups (broad SMARTS) is 1. The van der Waals surface area contributed by atoms with Crippen molar-refractivity contribution in [3.63, 3.8) is 0 Å². The van der Waals surface area contributed by atoms with E-state index in [1.807, 2.05) is 36.4 Å². The van der Waals surface area contributed by atoms with E-state index in [-0.39, 0.29) is 220 Å². The fourth-order valence-corrected chi connectivity index (χ4v) is 6.74. The second kappa shape index (κ2) is 39.8. The molecule has 0 saturated carbocycles. The SMILES string of the molecule is [CH2-]C(NC(=O)C(NC(=O)C(C)NC(=O)C(C)(C)NC(=O)c1ccc2cc3ccccc3cc2c1)C(C)C)C(C)=O.[CH2-]C(NC(=O)C(NC(=O)C(C)NC(=O)CNC(=O)c1ccc(Br)cc1)C(C)C)C(=O)O.[Y].[Y].[Y].[Y].[Y].[Y]. The molecule has 6 atom stereocenters. The number of halogens is 1. The van der Waals surface area contributed by atoms with Gasteiger partial charge in [-0.2, -0.15) is 0 Å². The van der Waals surface area contributed by atoms with Crippen LogP contribution >= 0.6 is 15.9 Å². The van der Waals surface area contributed by atoms with Crippen molar-refractivity contribution in [3.8, 4) is 0 Å². The number of rotatable bonds is 20. The number of hydrogen-bond acceptors (Lipinski definition) is 10. The maximum atomic E-state index is 13.1.